The fraction of sp³-hybridized carbons (Fsp3) is 0.476. The van der Waals surface area contributed by atoms with Gasteiger partial charge >= 0.3 is 5.97 Å². The summed E-state index contributed by atoms with van der Waals surface area (Å²) in [6, 6.07) is 10.4. The van der Waals surface area contributed by atoms with Crippen LogP contribution in [0.1, 0.15) is 97.7 Å². The van der Waals surface area contributed by atoms with Gasteiger partial charge in [-0.1, -0.05) is 55.3 Å². The third-order valence-electron chi connectivity index (χ3n) is 17.1. The summed E-state index contributed by atoms with van der Waals surface area (Å²) in [6.45, 7) is -2.52. The number of rotatable bonds is 30. The fourth-order valence-electron chi connectivity index (χ4n) is 12.0. The molecule has 508 valence electrons. The summed E-state index contributed by atoms with van der Waals surface area (Å²) >= 11 is 6.55. The van der Waals surface area contributed by atoms with Gasteiger partial charge in [0.1, 0.15) is 62.5 Å². The lowest BCUT2D eigenvalue weighted by Crippen LogP contribution is -2.60. The summed E-state index contributed by atoms with van der Waals surface area (Å²) < 4.78 is 17.7. The molecule has 31 nitrogen and oxygen atoms in total. The number of esters is 1. The topological polar surface area (TPSA) is 451 Å². The van der Waals surface area contributed by atoms with Crippen molar-refractivity contribution in [3.05, 3.63) is 109 Å². The Morgan fingerprint density at radius 3 is 2.16 bits per heavy atom. The highest BCUT2D eigenvalue weighted by molar-refractivity contribution is 6.31. The first-order valence-corrected chi connectivity index (χ1v) is 31.4. The standard InChI is InChI=1S/C63H74ClN11O20/c1-2-63(92)37-22-42-55-35(27-75(42)61(90)36(37)29-94-62(63)91)54-38(13-12-33-20-34(64)21-40(73-55)53(33)54)70-50(82)30-93-31-69-48(80)25-68-60(89)41(19-32-9-5-3-6-10-32)72-49(81)26-66-47(79)24-67-59(88)39(71-46(78)11-7-4-8-18-74-51(83)16-17-52(74)84)14-15-45(77)65-23-43-56(85)58(87)57(86)44(28-76)95-43/h3,5-6,9-10,16-17,20-22,38-39,41,43-44,56-58,76,85-87,92H,2,4,7-8,11-15,18-19,23-31H2,1H3,(H,65,77)(H,66,79)(H,67,88)(H,68,89)(H,69,80)(H,70,82)(H,71,78)(H,72,81)/t38-,39?,41+,43+,44-,56+,57-,58-,63+/m1/s1. The van der Waals surface area contributed by atoms with Crippen LogP contribution in [-0.4, -0.2) is 200 Å². The molecule has 1 saturated heterocycles. The van der Waals surface area contributed by atoms with E-state index in [1.54, 1.807) is 49.4 Å². The van der Waals surface area contributed by atoms with E-state index in [-0.39, 0.29) is 69.5 Å². The van der Waals surface area contributed by atoms with Crippen LogP contribution in [0.15, 0.2) is 65.5 Å². The zero-order valence-electron chi connectivity index (χ0n) is 51.6. The second kappa shape index (κ2) is 31.4. The van der Waals surface area contributed by atoms with Crippen LogP contribution in [-0.2, 0) is 98.5 Å². The molecule has 9 rings (SSSR count). The molecule has 13 N–H and O–H groups in total. The molecule has 4 aliphatic heterocycles. The van der Waals surface area contributed by atoms with Crippen molar-refractivity contribution in [2.45, 2.75) is 139 Å². The van der Waals surface area contributed by atoms with Crippen molar-refractivity contribution in [2.75, 3.05) is 52.7 Å². The van der Waals surface area contributed by atoms with Gasteiger partial charge in [-0.05, 0) is 73.4 Å². The van der Waals surface area contributed by atoms with E-state index in [2.05, 4.69) is 42.5 Å². The average Bonchev–Trinajstić information content (AvgIpc) is 1.62. The van der Waals surface area contributed by atoms with Crippen LogP contribution in [0.4, 0.5) is 0 Å². The van der Waals surface area contributed by atoms with Crippen LogP contribution in [0, 0.1) is 0 Å². The summed E-state index contributed by atoms with van der Waals surface area (Å²) in [7, 11) is 0. The number of aryl methyl sites for hydroxylation is 1. The Balaban J connectivity index is 0.734. The Bertz CT molecular complexity index is 3740. The molecule has 0 radical (unpaired) electrons. The van der Waals surface area contributed by atoms with Crippen molar-refractivity contribution in [3.8, 4) is 11.4 Å². The largest absolute Gasteiger partial charge is 0.458 e. The number of cyclic esters (lactones) is 1. The smallest absolute Gasteiger partial charge is 0.343 e. The van der Waals surface area contributed by atoms with Crippen molar-refractivity contribution in [1.82, 2.24) is 57.0 Å². The highest BCUT2D eigenvalue weighted by atomic mass is 35.5. The summed E-state index contributed by atoms with van der Waals surface area (Å²) in [6.07, 6.45) is -3.95. The van der Waals surface area contributed by atoms with E-state index in [1.165, 1.54) is 4.57 Å². The number of halogens is 1. The van der Waals surface area contributed by atoms with Crippen molar-refractivity contribution in [2.24, 2.45) is 0 Å². The number of fused-ring (bicyclic) bond motifs is 5. The molecule has 0 bridgehead atoms. The third-order valence-corrected chi connectivity index (χ3v) is 17.3. The molecule has 4 aromatic rings. The molecule has 2 aromatic carbocycles. The van der Waals surface area contributed by atoms with Crippen LogP contribution in [0.5, 0.6) is 0 Å². The van der Waals surface area contributed by atoms with E-state index < -0.39 is 171 Å². The second-order valence-electron chi connectivity index (χ2n) is 23.5. The molecule has 32 heteroatoms. The Labute approximate surface area is 547 Å². The molecule has 0 spiro atoms. The summed E-state index contributed by atoms with van der Waals surface area (Å²) in [5.41, 5.74) is 2.01. The molecule has 5 aliphatic rings. The molecule has 1 unspecified atom stereocenters. The fourth-order valence-corrected chi connectivity index (χ4v) is 12.2. The maximum absolute atomic E-state index is 14.0. The third kappa shape index (κ3) is 16.7. The Kier molecular flexibility index (Phi) is 23.2. The number of unbranched alkanes of at least 4 members (excludes halogenated alkanes) is 2. The Morgan fingerprint density at radius 1 is 0.758 bits per heavy atom. The molecular formula is C63H74ClN11O20. The molecule has 1 fully saturated rings. The monoisotopic (exact) mass is 1340 g/mol. The number of carbonyl (C=O) groups is 11. The number of benzene rings is 2. The van der Waals surface area contributed by atoms with Gasteiger partial charge in [-0.15, -0.1) is 0 Å². The van der Waals surface area contributed by atoms with Crippen LogP contribution in [0.3, 0.4) is 0 Å². The minimum absolute atomic E-state index is 0.0418. The summed E-state index contributed by atoms with van der Waals surface area (Å²) in [5, 5.41) is 72.9. The molecular weight excluding hydrogens is 1270 g/mol. The second-order valence-corrected chi connectivity index (χ2v) is 23.9. The lowest BCUT2D eigenvalue weighted by molar-refractivity contribution is -0.227. The van der Waals surface area contributed by atoms with Crippen molar-refractivity contribution in [3.63, 3.8) is 0 Å². The number of hydrogen-bond donors (Lipinski definition) is 13. The number of ether oxygens (including phenoxy) is 3. The zero-order valence-corrected chi connectivity index (χ0v) is 52.4. The van der Waals surface area contributed by atoms with E-state index in [0.717, 1.165) is 28.0 Å². The van der Waals surface area contributed by atoms with E-state index in [4.69, 9.17) is 30.8 Å². The Hall–Kier alpha value is -9.08. The number of aromatic nitrogens is 2. The first-order chi connectivity index (χ1) is 45.5. The quantitative estimate of drug-likeness (QED) is 0.00927. The minimum Gasteiger partial charge on any atom is -0.458 e. The predicted octanol–water partition coefficient (Wildman–Crippen LogP) is -3.29. The van der Waals surface area contributed by atoms with Gasteiger partial charge in [0.05, 0.1) is 61.3 Å². The molecule has 9 atom stereocenters. The average molecular weight is 1340 g/mol. The zero-order chi connectivity index (χ0) is 68.3. The number of nitrogens with one attached hydrogen (secondary N) is 8. The van der Waals surface area contributed by atoms with Crippen LogP contribution >= 0.6 is 11.6 Å². The van der Waals surface area contributed by atoms with Gasteiger partial charge in [0, 0.05) is 66.0 Å². The molecule has 95 heavy (non-hydrogen) atoms. The molecule has 2 aromatic heterocycles. The van der Waals surface area contributed by atoms with E-state index >= 15 is 0 Å². The number of carbonyl (C=O) groups excluding carboxylic acids is 11. The van der Waals surface area contributed by atoms with Crippen LogP contribution in [0.2, 0.25) is 5.02 Å². The number of pyridine rings is 2. The van der Waals surface area contributed by atoms with E-state index in [9.17, 15) is 83.1 Å². The van der Waals surface area contributed by atoms with Crippen LogP contribution in [0.25, 0.3) is 22.3 Å². The number of aliphatic hydroxyl groups is 5. The van der Waals surface area contributed by atoms with Gasteiger partial charge in [0.25, 0.3) is 17.4 Å². The highest BCUT2D eigenvalue weighted by Crippen LogP contribution is 2.45. The van der Waals surface area contributed by atoms with Crippen LogP contribution < -0.4 is 48.1 Å². The number of amides is 10. The van der Waals surface area contributed by atoms with Crippen molar-refractivity contribution >= 4 is 87.5 Å². The number of nitrogens with zero attached hydrogens (tertiary/aromatic N) is 3. The van der Waals surface area contributed by atoms with Gasteiger partial charge in [-0.3, -0.25) is 57.6 Å². The number of aliphatic hydroxyl groups excluding tert-OH is 4. The van der Waals surface area contributed by atoms with E-state index in [0.29, 0.717) is 64.3 Å². The summed E-state index contributed by atoms with van der Waals surface area (Å²) in [4.78, 5) is 163. The first kappa shape index (κ1) is 70.2. The maximum Gasteiger partial charge on any atom is 0.343 e. The van der Waals surface area contributed by atoms with Gasteiger partial charge in [-0.2, -0.15) is 0 Å². The number of hydrogen-bond acceptors (Lipinski definition) is 21. The van der Waals surface area contributed by atoms with Gasteiger partial charge in [0.2, 0.25) is 47.3 Å². The normalized spacial score (nSPS) is 21.3. The molecule has 1 aliphatic carbocycles. The lowest BCUT2D eigenvalue weighted by atomic mass is 9.83. The molecule has 6 heterocycles. The lowest BCUT2D eigenvalue weighted by Gasteiger charge is -2.40. The minimum atomic E-state index is -2.04. The first-order valence-electron chi connectivity index (χ1n) is 31.0. The summed E-state index contributed by atoms with van der Waals surface area (Å²) in [5.74, 6) is -7.73. The molecule has 10 amide bonds. The van der Waals surface area contributed by atoms with E-state index in [1.807, 2.05) is 6.07 Å². The highest BCUT2D eigenvalue weighted by Gasteiger charge is 2.47. The van der Waals surface area contributed by atoms with Gasteiger partial charge < -0.3 is 86.8 Å². The number of imide groups is 1. The van der Waals surface area contributed by atoms with Gasteiger partial charge in [0.15, 0.2) is 5.60 Å². The molecule has 0 saturated carbocycles. The maximum atomic E-state index is 14.0. The Morgan fingerprint density at radius 2 is 1.44 bits per heavy atom. The van der Waals surface area contributed by atoms with Crippen molar-refractivity contribution < 1.29 is 92.5 Å². The SMILES string of the molecule is CC[C@@]1(O)C(=O)OCc2c1cc1n(c2=O)Cc2c-1nc1cc(Cl)cc3c1c2[C@H](NC(=O)COCNC(=O)CNC(=O)[C@H](Cc1ccccc1)NC(=O)CNC(=O)CNC(=O)C(CCC(=O)NC[C@@H]1O[C@H](CO)[C@@H](O)[C@H](O)[C@H]1O)NC(=O)CCCCCN1C(=O)C=CC1=O)CC3. The van der Waals surface area contributed by atoms with Crippen molar-refractivity contribution in [1.29, 1.82) is 0 Å². The van der Waals surface area contributed by atoms with Gasteiger partial charge in [-0.25, -0.2) is 9.78 Å². The predicted molar refractivity (Wildman–Crippen MR) is 331 cm³/mol.